The zero-order valence-corrected chi connectivity index (χ0v) is 18.2. The van der Waals surface area contributed by atoms with Crippen molar-refractivity contribution < 1.29 is 14.6 Å². The van der Waals surface area contributed by atoms with Crippen LogP contribution in [0.15, 0.2) is 61.1 Å². The Morgan fingerprint density at radius 1 is 1.19 bits per heavy atom. The largest absolute Gasteiger partial charge is 0.497 e. The van der Waals surface area contributed by atoms with Crippen molar-refractivity contribution in [1.29, 1.82) is 0 Å². The van der Waals surface area contributed by atoms with E-state index in [0.717, 1.165) is 34.5 Å². The lowest BCUT2D eigenvalue weighted by Gasteiger charge is -2.44. The van der Waals surface area contributed by atoms with Crippen LogP contribution in [0.3, 0.4) is 0 Å². The summed E-state index contributed by atoms with van der Waals surface area (Å²) in [4.78, 5) is 25.7. The molecule has 0 unspecified atom stereocenters. The molecule has 0 saturated carbocycles. The summed E-state index contributed by atoms with van der Waals surface area (Å²) in [5.74, 6) is 0.819. The van der Waals surface area contributed by atoms with Crippen LogP contribution in [-0.2, 0) is 0 Å². The maximum absolute atomic E-state index is 13.4. The summed E-state index contributed by atoms with van der Waals surface area (Å²) in [6.45, 7) is 0.666. The van der Waals surface area contributed by atoms with Gasteiger partial charge in [0.05, 0.1) is 32.0 Å². The summed E-state index contributed by atoms with van der Waals surface area (Å²) in [7, 11) is 3.68. The van der Waals surface area contributed by atoms with Crippen molar-refractivity contribution in [2.45, 2.75) is 18.5 Å². The van der Waals surface area contributed by atoms with Gasteiger partial charge in [0.1, 0.15) is 11.4 Å². The SMILES string of the molecule is COc1cccc(-c2ccc3c(c2)[C@H]2[C@H](CCN2C(=O)c2cnccn2)[C@H](CO)N3C)c1. The number of anilines is 1. The molecule has 164 valence electrons. The maximum Gasteiger partial charge on any atom is 0.274 e. The molecule has 5 rings (SSSR count). The number of aliphatic hydroxyl groups excluding tert-OH is 1. The highest BCUT2D eigenvalue weighted by Crippen LogP contribution is 2.49. The van der Waals surface area contributed by atoms with E-state index in [9.17, 15) is 9.90 Å². The molecule has 3 aromatic rings. The van der Waals surface area contributed by atoms with E-state index in [4.69, 9.17) is 4.74 Å². The number of fused-ring (bicyclic) bond motifs is 3. The van der Waals surface area contributed by atoms with Gasteiger partial charge in [-0.2, -0.15) is 0 Å². The lowest BCUT2D eigenvalue weighted by atomic mass is 9.81. The number of carbonyl (C=O) groups excluding carboxylic acids is 1. The Morgan fingerprint density at radius 2 is 2.03 bits per heavy atom. The fourth-order valence-electron chi connectivity index (χ4n) is 5.22. The van der Waals surface area contributed by atoms with Gasteiger partial charge in [-0.1, -0.05) is 18.2 Å². The van der Waals surface area contributed by atoms with E-state index >= 15 is 0 Å². The van der Waals surface area contributed by atoms with E-state index in [0.29, 0.717) is 12.2 Å². The van der Waals surface area contributed by atoms with Crippen molar-refractivity contribution in [3.8, 4) is 16.9 Å². The van der Waals surface area contributed by atoms with Crippen molar-refractivity contribution in [3.05, 3.63) is 72.3 Å². The van der Waals surface area contributed by atoms with Gasteiger partial charge in [-0.3, -0.25) is 9.78 Å². The van der Waals surface area contributed by atoms with Crippen LogP contribution in [0.1, 0.15) is 28.5 Å². The van der Waals surface area contributed by atoms with Crippen LogP contribution < -0.4 is 9.64 Å². The first-order valence-corrected chi connectivity index (χ1v) is 10.8. The smallest absolute Gasteiger partial charge is 0.274 e. The summed E-state index contributed by atoms with van der Waals surface area (Å²) >= 11 is 0. The van der Waals surface area contributed by atoms with Gasteiger partial charge in [0.2, 0.25) is 0 Å². The number of ether oxygens (including phenoxy) is 1. The average molecular weight is 431 g/mol. The minimum Gasteiger partial charge on any atom is -0.497 e. The van der Waals surface area contributed by atoms with Crippen LogP contribution in [0.2, 0.25) is 0 Å². The standard InChI is InChI=1S/C25H26N4O3/c1-28-22-7-6-17(16-4-3-5-18(12-16)32-2)13-20(22)24-19(23(28)15-30)8-11-29(24)25(31)21-14-26-9-10-27-21/h3-7,9-10,12-14,19,23-24,30H,8,11,15H2,1-2H3/t19-,23+,24-/m1/s1. The fourth-order valence-corrected chi connectivity index (χ4v) is 5.22. The molecule has 0 aliphatic carbocycles. The first-order valence-electron chi connectivity index (χ1n) is 10.8. The van der Waals surface area contributed by atoms with Crippen LogP contribution in [0.25, 0.3) is 11.1 Å². The molecular weight excluding hydrogens is 404 g/mol. The van der Waals surface area contributed by atoms with Gasteiger partial charge in [0, 0.05) is 37.6 Å². The van der Waals surface area contributed by atoms with E-state index in [2.05, 4.69) is 39.1 Å². The zero-order valence-electron chi connectivity index (χ0n) is 18.2. The highest BCUT2D eigenvalue weighted by atomic mass is 16.5. The highest BCUT2D eigenvalue weighted by molar-refractivity contribution is 5.93. The average Bonchev–Trinajstić information content (AvgIpc) is 3.29. The molecule has 2 aromatic carbocycles. The third kappa shape index (κ3) is 3.29. The third-order valence-electron chi connectivity index (χ3n) is 6.80. The number of hydrogen-bond acceptors (Lipinski definition) is 6. The van der Waals surface area contributed by atoms with E-state index in [1.165, 1.54) is 6.20 Å². The number of methoxy groups -OCH3 is 1. The molecule has 3 atom stereocenters. The fraction of sp³-hybridized carbons (Fsp3) is 0.320. The lowest BCUT2D eigenvalue weighted by molar-refractivity contribution is 0.0687. The Labute approximate surface area is 187 Å². The molecule has 1 N–H and O–H groups in total. The molecule has 0 radical (unpaired) electrons. The van der Waals surface area contributed by atoms with Gasteiger partial charge in [0.25, 0.3) is 5.91 Å². The number of likely N-dealkylation sites (N-methyl/N-ethyl adjacent to an activating group) is 1. The molecule has 1 fully saturated rings. The molecule has 0 spiro atoms. The zero-order chi connectivity index (χ0) is 22.2. The van der Waals surface area contributed by atoms with Crippen LogP contribution in [-0.4, -0.2) is 59.2 Å². The molecule has 0 bridgehead atoms. The minimum atomic E-state index is -0.126. The van der Waals surface area contributed by atoms with Crippen molar-refractivity contribution in [3.63, 3.8) is 0 Å². The molecule has 1 aromatic heterocycles. The summed E-state index contributed by atoms with van der Waals surface area (Å²) in [6.07, 6.45) is 5.45. The number of nitrogens with zero attached hydrogens (tertiary/aromatic N) is 4. The predicted octanol–water partition coefficient (Wildman–Crippen LogP) is 3.17. The van der Waals surface area contributed by atoms with Crippen LogP contribution >= 0.6 is 0 Å². The van der Waals surface area contributed by atoms with Crippen molar-refractivity contribution >= 4 is 11.6 Å². The van der Waals surface area contributed by atoms with E-state index < -0.39 is 0 Å². The Morgan fingerprint density at radius 3 is 2.78 bits per heavy atom. The van der Waals surface area contributed by atoms with Crippen LogP contribution in [0, 0.1) is 5.92 Å². The van der Waals surface area contributed by atoms with Crippen molar-refractivity contribution in [2.24, 2.45) is 5.92 Å². The second-order valence-corrected chi connectivity index (χ2v) is 8.35. The Hall–Kier alpha value is -3.45. The van der Waals surface area contributed by atoms with Gasteiger partial charge >= 0.3 is 0 Å². The molecule has 1 saturated heterocycles. The number of aliphatic hydroxyl groups is 1. The number of rotatable bonds is 4. The molecule has 3 heterocycles. The van der Waals surface area contributed by atoms with Crippen LogP contribution in [0.5, 0.6) is 5.75 Å². The van der Waals surface area contributed by atoms with Crippen molar-refractivity contribution in [2.75, 3.05) is 32.2 Å². The number of amides is 1. The summed E-state index contributed by atoms with van der Waals surface area (Å²) in [6, 6.07) is 14.2. The number of aromatic nitrogens is 2. The molecule has 2 aliphatic heterocycles. The monoisotopic (exact) mass is 430 g/mol. The van der Waals surface area contributed by atoms with Gasteiger partial charge in [-0.25, -0.2) is 4.98 Å². The maximum atomic E-state index is 13.4. The number of hydrogen-bond donors (Lipinski definition) is 1. The lowest BCUT2D eigenvalue weighted by Crippen LogP contribution is -2.48. The molecule has 2 aliphatic rings. The molecule has 1 amide bonds. The Kier molecular flexibility index (Phi) is 5.27. The molecule has 7 nitrogen and oxygen atoms in total. The summed E-state index contributed by atoms with van der Waals surface area (Å²) < 4.78 is 5.40. The minimum absolute atomic E-state index is 0.0436. The third-order valence-corrected chi connectivity index (χ3v) is 6.80. The van der Waals surface area contributed by atoms with E-state index in [1.807, 2.05) is 30.1 Å². The number of benzene rings is 2. The first kappa shape index (κ1) is 20.5. The van der Waals surface area contributed by atoms with E-state index in [1.54, 1.807) is 19.5 Å². The van der Waals surface area contributed by atoms with Crippen LogP contribution in [0.4, 0.5) is 5.69 Å². The highest BCUT2D eigenvalue weighted by Gasteiger charge is 2.48. The second kappa shape index (κ2) is 8.24. The van der Waals surface area contributed by atoms with Gasteiger partial charge in [-0.05, 0) is 47.4 Å². The quantitative estimate of drug-likeness (QED) is 0.685. The summed E-state index contributed by atoms with van der Waals surface area (Å²) in [5.41, 5.74) is 4.60. The Bertz CT molecular complexity index is 1140. The normalized spacial score (nSPS) is 21.8. The second-order valence-electron chi connectivity index (χ2n) is 8.35. The molecule has 32 heavy (non-hydrogen) atoms. The van der Waals surface area contributed by atoms with Gasteiger partial charge < -0.3 is 19.6 Å². The number of likely N-dealkylation sites (tertiary alicyclic amines) is 1. The number of carbonyl (C=O) groups is 1. The molecular formula is C25H26N4O3. The van der Waals surface area contributed by atoms with E-state index in [-0.39, 0.29) is 30.5 Å². The first-order chi connectivity index (χ1) is 15.6. The summed E-state index contributed by atoms with van der Waals surface area (Å²) in [5, 5.41) is 10.2. The van der Waals surface area contributed by atoms with Crippen molar-refractivity contribution in [1.82, 2.24) is 14.9 Å². The molecule has 7 heteroatoms. The predicted molar refractivity (Wildman–Crippen MR) is 122 cm³/mol. The van der Waals surface area contributed by atoms with Gasteiger partial charge in [0.15, 0.2) is 0 Å². The van der Waals surface area contributed by atoms with Gasteiger partial charge in [-0.15, -0.1) is 0 Å². The topological polar surface area (TPSA) is 78.8 Å². The Balaban J connectivity index is 1.60.